The molecule has 134 valence electrons. The Morgan fingerprint density at radius 3 is 2.38 bits per heavy atom. The molecule has 0 aliphatic carbocycles. The molecule has 5 nitrogen and oxygen atoms in total. The van der Waals surface area contributed by atoms with Gasteiger partial charge in [0.15, 0.2) is 0 Å². The summed E-state index contributed by atoms with van der Waals surface area (Å²) in [7, 11) is 0. The number of carbonyl (C=O) groups is 1. The number of carbonyl (C=O) groups excluding carboxylic acids is 1. The molecule has 0 heterocycles. The lowest BCUT2D eigenvalue weighted by Crippen LogP contribution is -2.35. The first-order valence-corrected chi connectivity index (χ1v) is 8.17. The minimum atomic E-state index is -4.92. The summed E-state index contributed by atoms with van der Waals surface area (Å²) in [6, 6.07) is 1.96. The van der Waals surface area contributed by atoms with Crippen LogP contribution in [0.5, 0.6) is 0 Å². The molecule has 0 aliphatic rings. The van der Waals surface area contributed by atoms with Gasteiger partial charge in [0.05, 0.1) is 15.1 Å². The number of anilines is 1. The molecule has 0 N–H and O–H groups in total. The van der Waals surface area contributed by atoms with Crippen LogP contribution >= 0.6 is 15.9 Å². The first kappa shape index (κ1) is 20.4. The smallest absolute Gasteiger partial charge is 0.311 e. The number of nitro groups is 1. The van der Waals surface area contributed by atoms with E-state index in [4.69, 9.17) is 0 Å². The van der Waals surface area contributed by atoms with Gasteiger partial charge >= 0.3 is 6.18 Å². The zero-order valence-corrected chi connectivity index (χ0v) is 15.1. The number of alkyl halides is 3. The SMILES string of the molecule is CCCCN(C(=O)C(C)C)c1ccc([N+](=O)[O-])c(C(F)(F)F)c1Br. The van der Waals surface area contributed by atoms with Crippen molar-refractivity contribution < 1.29 is 22.9 Å². The number of unbranched alkanes of at least 4 members (excludes halogenated alkanes) is 1. The van der Waals surface area contributed by atoms with Crippen molar-refractivity contribution in [1.29, 1.82) is 0 Å². The highest BCUT2D eigenvalue weighted by molar-refractivity contribution is 9.10. The van der Waals surface area contributed by atoms with Gasteiger partial charge in [0.1, 0.15) is 5.56 Å². The fraction of sp³-hybridized carbons (Fsp3) is 0.533. The highest BCUT2D eigenvalue weighted by atomic mass is 79.9. The number of nitrogens with zero attached hydrogens (tertiary/aromatic N) is 2. The largest absolute Gasteiger partial charge is 0.424 e. The van der Waals surface area contributed by atoms with Crippen molar-refractivity contribution in [3.05, 3.63) is 32.3 Å². The molecule has 1 aromatic carbocycles. The van der Waals surface area contributed by atoms with Gasteiger partial charge in [0.2, 0.25) is 5.91 Å². The van der Waals surface area contributed by atoms with Crippen LogP contribution in [-0.4, -0.2) is 17.4 Å². The standard InChI is InChI=1S/C15H18BrF3N2O3/c1-4-5-8-20(14(22)9(2)3)11-7-6-10(21(23)24)12(13(11)16)15(17,18)19/h6-7,9H,4-5,8H2,1-3H3. The number of amides is 1. The van der Waals surface area contributed by atoms with Crippen molar-refractivity contribution in [2.45, 2.75) is 39.8 Å². The number of nitro benzene ring substituents is 1. The summed E-state index contributed by atoms with van der Waals surface area (Å²) < 4.78 is 39.4. The summed E-state index contributed by atoms with van der Waals surface area (Å²) in [5, 5.41) is 10.9. The number of benzene rings is 1. The van der Waals surface area contributed by atoms with E-state index in [1.807, 2.05) is 6.92 Å². The van der Waals surface area contributed by atoms with E-state index in [-0.39, 0.29) is 18.1 Å². The number of halogens is 4. The zero-order valence-electron chi connectivity index (χ0n) is 13.5. The van der Waals surface area contributed by atoms with Gasteiger partial charge in [-0.3, -0.25) is 14.9 Å². The lowest BCUT2D eigenvalue weighted by molar-refractivity contribution is -0.388. The third-order valence-corrected chi connectivity index (χ3v) is 4.17. The minimum absolute atomic E-state index is 0.0138. The molecule has 1 aromatic rings. The average Bonchev–Trinajstić information content (AvgIpc) is 2.46. The maximum absolute atomic E-state index is 13.3. The summed E-state index contributed by atoms with van der Waals surface area (Å²) >= 11 is 2.83. The van der Waals surface area contributed by atoms with E-state index < -0.39 is 32.7 Å². The average molecular weight is 411 g/mol. The Bertz CT molecular complexity index is 633. The minimum Gasteiger partial charge on any atom is -0.311 e. The Hall–Kier alpha value is -1.64. The maximum Gasteiger partial charge on any atom is 0.424 e. The Kier molecular flexibility index (Phi) is 6.76. The van der Waals surface area contributed by atoms with Crippen molar-refractivity contribution in [2.24, 2.45) is 5.92 Å². The van der Waals surface area contributed by atoms with E-state index >= 15 is 0 Å². The Balaban J connectivity index is 3.56. The molecule has 0 atom stereocenters. The van der Waals surface area contributed by atoms with Crippen LogP contribution in [0.4, 0.5) is 24.5 Å². The molecule has 9 heteroatoms. The van der Waals surface area contributed by atoms with E-state index in [9.17, 15) is 28.1 Å². The van der Waals surface area contributed by atoms with Crippen molar-refractivity contribution in [3.63, 3.8) is 0 Å². The lowest BCUT2D eigenvalue weighted by atomic mass is 10.1. The third kappa shape index (κ3) is 4.46. The topological polar surface area (TPSA) is 63.5 Å². The van der Waals surface area contributed by atoms with Crippen molar-refractivity contribution >= 4 is 33.2 Å². The van der Waals surface area contributed by atoms with E-state index in [2.05, 4.69) is 15.9 Å². The third-order valence-electron chi connectivity index (χ3n) is 3.37. The van der Waals surface area contributed by atoms with Gasteiger partial charge in [-0.05, 0) is 28.4 Å². The monoisotopic (exact) mass is 410 g/mol. The van der Waals surface area contributed by atoms with Crippen LogP contribution in [0.15, 0.2) is 16.6 Å². The fourth-order valence-corrected chi connectivity index (χ4v) is 2.94. The van der Waals surface area contributed by atoms with Gasteiger partial charge in [0, 0.05) is 18.5 Å². The first-order valence-electron chi connectivity index (χ1n) is 7.37. The van der Waals surface area contributed by atoms with Gasteiger partial charge in [-0.1, -0.05) is 27.2 Å². The molecule has 1 rings (SSSR count). The van der Waals surface area contributed by atoms with Crippen LogP contribution in [0, 0.1) is 16.0 Å². The molecule has 1 amide bonds. The summed E-state index contributed by atoms with van der Waals surface area (Å²) in [5.74, 6) is -0.760. The Morgan fingerprint density at radius 1 is 1.38 bits per heavy atom. The van der Waals surface area contributed by atoms with Gasteiger partial charge in [0.25, 0.3) is 5.69 Å². The maximum atomic E-state index is 13.3. The molecule has 0 spiro atoms. The highest BCUT2D eigenvalue weighted by Crippen LogP contribution is 2.45. The van der Waals surface area contributed by atoms with Crippen LogP contribution in [-0.2, 0) is 11.0 Å². The van der Waals surface area contributed by atoms with E-state index in [0.29, 0.717) is 6.42 Å². The van der Waals surface area contributed by atoms with Gasteiger partial charge < -0.3 is 4.90 Å². The quantitative estimate of drug-likeness (QED) is 0.480. The molecule has 0 radical (unpaired) electrons. The molecule has 0 aromatic heterocycles. The molecule has 0 aliphatic heterocycles. The van der Waals surface area contributed by atoms with Crippen molar-refractivity contribution in [2.75, 3.05) is 11.4 Å². The predicted molar refractivity (Wildman–Crippen MR) is 87.9 cm³/mol. The lowest BCUT2D eigenvalue weighted by Gasteiger charge is -2.26. The molecule has 0 saturated carbocycles. The van der Waals surface area contributed by atoms with E-state index in [0.717, 1.165) is 12.5 Å². The van der Waals surface area contributed by atoms with E-state index in [1.165, 1.54) is 11.0 Å². The molecular weight excluding hydrogens is 393 g/mol. The van der Waals surface area contributed by atoms with Crippen LogP contribution < -0.4 is 4.90 Å². The molecule has 0 fully saturated rings. The van der Waals surface area contributed by atoms with Crippen LogP contribution in [0.2, 0.25) is 0 Å². The van der Waals surface area contributed by atoms with Gasteiger partial charge in [-0.25, -0.2) is 0 Å². The normalized spacial score (nSPS) is 11.7. The number of hydrogen-bond donors (Lipinski definition) is 0. The molecule has 0 unspecified atom stereocenters. The highest BCUT2D eigenvalue weighted by Gasteiger charge is 2.42. The Labute approximate surface area is 146 Å². The number of rotatable bonds is 6. The van der Waals surface area contributed by atoms with Crippen LogP contribution in [0.1, 0.15) is 39.2 Å². The fourth-order valence-electron chi connectivity index (χ4n) is 2.16. The van der Waals surface area contributed by atoms with Gasteiger partial charge in [-0.2, -0.15) is 13.2 Å². The molecule has 24 heavy (non-hydrogen) atoms. The summed E-state index contributed by atoms with van der Waals surface area (Å²) in [4.78, 5) is 23.5. The van der Waals surface area contributed by atoms with E-state index in [1.54, 1.807) is 13.8 Å². The second kappa shape index (κ2) is 7.96. The molecule has 0 bridgehead atoms. The van der Waals surface area contributed by atoms with Crippen molar-refractivity contribution in [3.8, 4) is 0 Å². The summed E-state index contributed by atoms with van der Waals surface area (Å²) in [6.45, 7) is 5.42. The van der Waals surface area contributed by atoms with Crippen molar-refractivity contribution in [1.82, 2.24) is 0 Å². The second-order valence-electron chi connectivity index (χ2n) is 5.55. The summed E-state index contributed by atoms with van der Waals surface area (Å²) in [5.41, 5.74) is -2.45. The van der Waals surface area contributed by atoms with Crippen LogP contribution in [0.25, 0.3) is 0 Å². The summed E-state index contributed by atoms with van der Waals surface area (Å²) in [6.07, 6.45) is -3.57. The first-order chi connectivity index (χ1) is 11.0. The molecule has 0 saturated heterocycles. The zero-order chi connectivity index (χ0) is 18.7. The van der Waals surface area contributed by atoms with Crippen LogP contribution in [0.3, 0.4) is 0 Å². The number of hydrogen-bond acceptors (Lipinski definition) is 3. The predicted octanol–water partition coefficient (Wildman–Crippen LogP) is 5.17. The van der Waals surface area contributed by atoms with Gasteiger partial charge in [-0.15, -0.1) is 0 Å². The molecular formula is C15H18BrF3N2O3. The second-order valence-corrected chi connectivity index (χ2v) is 6.34. The Morgan fingerprint density at radius 2 is 1.96 bits per heavy atom.